The first-order chi connectivity index (χ1) is 10.1. The quantitative estimate of drug-likeness (QED) is 0.600. The average Bonchev–Trinajstić information content (AvgIpc) is 3.00. The van der Waals surface area contributed by atoms with E-state index in [1.807, 2.05) is 19.0 Å². The minimum atomic E-state index is 0.607. The van der Waals surface area contributed by atoms with Crippen molar-refractivity contribution in [1.82, 2.24) is 15.6 Å². The van der Waals surface area contributed by atoms with Gasteiger partial charge in [0.05, 0.1) is 12.2 Å². The van der Waals surface area contributed by atoms with Gasteiger partial charge in [0.15, 0.2) is 11.1 Å². The summed E-state index contributed by atoms with van der Waals surface area (Å²) in [5.74, 6) is 1.75. The fourth-order valence-corrected chi connectivity index (χ4v) is 3.09. The van der Waals surface area contributed by atoms with Gasteiger partial charge in [0.2, 0.25) is 0 Å². The van der Waals surface area contributed by atoms with E-state index in [1.165, 1.54) is 19.3 Å². The molecule has 2 rings (SSSR count). The number of aliphatic imine (C=N–C) groups is 1. The van der Waals surface area contributed by atoms with E-state index in [0.29, 0.717) is 12.6 Å². The zero-order valence-electron chi connectivity index (χ0n) is 13.5. The normalized spacial score (nSPS) is 21.2. The summed E-state index contributed by atoms with van der Waals surface area (Å²) in [7, 11) is 4.02. The van der Waals surface area contributed by atoms with Crippen molar-refractivity contribution in [3.05, 3.63) is 11.1 Å². The van der Waals surface area contributed by atoms with Gasteiger partial charge in [-0.1, -0.05) is 13.3 Å². The van der Waals surface area contributed by atoms with Gasteiger partial charge >= 0.3 is 0 Å². The highest BCUT2D eigenvalue weighted by Gasteiger charge is 2.36. The molecule has 0 saturated heterocycles. The predicted molar refractivity (Wildman–Crippen MR) is 91.2 cm³/mol. The molecule has 2 atom stereocenters. The van der Waals surface area contributed by atoms with E-state index in [1.54, 1.807) is 11.3 Å². The molecular formula is C15H27N5S. The average molecular weight is 309 g/mol. The number of thiazole rings is 1. The van der Waals surface area contributed by atoms with Crippen LogP contribution < -0.4 is 15.5 Å². The van der Waals surface area contributed by atoms with Crippen molar-refractivity contribution in [1.29, 1.82) is 0 Å². The predicted octanol–water partition coefficient (Wildman–Crippen LogP) is 2.45. The summed E-state index contributed by atoms with van der Waals surface area (Å²) in [5.41, 5.74) is 1.03. The molecule has 1 aromatic rings. The summed E-state index contributed by atoms with van der Waals surface area (Å²) in [6, 6.07) is 0.607. The first-order valence-corrected chi connectivity index (χ1v) is 8.68. The molecule has 6 heteroatoms. The highest BCUT2D eigenvalue weighted by molar-refractivity contribution is 7.13. The molecule has 21 heavy (non-hydrogen) atoms. The molecule has 2 N–H and O–H groups in total. The van der Waals surface area contributed by atoms with Gasteiger partial charge in [0, 0.05) is 32.1 Å². The molecule has 1 saturated carbocycles. The Balaban J connectivity index is 1.88. The number of nitrogens with one attached hydrogen (secondary N) is 2. The Hall–Kier alpha value is -1.30. The Bertz CT molecular complexity index is 468. The Morgan fingerprint density at radius 3 is 2.90 bits per heavy atom. The van der Waals surface area contributed by atoms with Gasteiger partial charge < -0.3 is 15.5 Å². The Morgan fingerprint density at radius 2 is 2.29 bits per heavy atom. The van der Waals surface area contributed by atoms with Crippen molar-refractivity contribution < 1.29 is 0 Å². The third kappa shape index (κ3) is 4.88. The molecule has 1 aliphatic rings. The molecule has 1 heterocycles. The molecule has 0 radical (unpaired) electrons. The van der Waals surface area contributed by atoms with Crippen LogP contribution in [0.5, 0.6) is 0 Å². The second-order valence-electron chi connectivity index (χ2n) is 5.75. The van der Waals surface area contributed by atoms with E-state index in [0.717, 1.165) is 29.2 Å². The van der Waals surface area contributed by atoms with Gasteiger partial charge in [-0.05, 0) is 25.7 Å². The molecule has 5 nitrogen and oxygen atoms in total. The Kier molecular flexibility index (Phi) is 5.85. The summed E-state index contributed by atoms with van der Waals surface area (Å²) in [6.07, 6.45) is 3.86. The molecule has 118 valence electrons. The maximum atomic E-state index is 4.65. The molecule has 1 aromatic heterocycles. The fourth-order valence-electron chi connectivity index (χ4n) is 2.34. The Morgan fingerprint density at radius 1 is 1.48 bits per heavy atom. The smallest absolute Gasteiger partial charge is 0.191 e. The molecule has 0 aromatic carbocycles. The lowest BCUT2D eigenvalue weighted by atomic mass is 10.2. The summed E-state index contributed by atoms with van der Waals surface area (Å²) in [4.78, 5) is 11.2. The minimum Gasteiger partial charge on any atom is -0.357 e. The van der Waals surface area contributed by atoms with Crippen molar-refractivity contribution in [2.45, 2.75) is 45.7 Å². The number of guanidine groups is 1. The van der Waals surface area contributed by atoms with Crippen molar-refractivity contribution in [3.8, 4) is 0 Å². The van der Waals surface area contributed by atoms with Crippen LogP contribution in [0.25, 0.3) is 0 Å². The molecule has 0 spiro atoms. The summed E-state index contributed by atoms with van der Waals surface area (Å²) in [5, 5.41) is 9.96. The van der Waals surface area contributed by atoms with Gasteiger partial charge in [0.1, 0.15) is 0 Å². The summed E-state index contributed by atoms with van der Waals surface area (Å²) < 4.78 is 0. The number of aromatic nitrogens is 1. The van der Waals surface area contributed by atoms with Crippen LogP contribution in [0.2, 0.25) is 0 Å². The van der Waals surface area contributed by atoms with Gasteiger partial charge in [-0.15, -0.1) is 11.3 Å². The number of hydrogen-bond acceptors (Lipinski definition) is 4. The maximum absolute atomic E-state index is 4.65. The molecule has 2 unspecified atom stereocenters. The van der Waals surface area contributed by atoms with Crippen LogP contribution in [-0.2, 0) is 6.54 Å². The van der Waals surface area contributed by atoms with E-state index >= 15 is 0 Å². The van der Waals surface area contributed by atoms with Gasteiger partial charge in [-0.3, -0.25) is 0 Å². The number of nitrogens with zero attached hydrogens (tertiary/aromatic N) is 3. The molecule has 0 bridgehead atoms. The van der Waals surface area contributed by atoms with E-state index in [2.05, 4.69) is 39.8 Å². The lowest BCUT2D eigenvalue weighted by Crippen LogP contribution is -2.39. The molecule has 0 amide bonds. The van der Waals surface area contributed by atoms with Crippen LogP contribution in [-0.4, -0.2) is 37.6 Å². The van der Waals surface area contributed by atoms with Crippen LogP contribution >= 0.6 is 11.3 Å². The topological polar surface area (TPSA) is 52.6 Å². The van der Waals surface area contributed by atoms with E-state index in [-0.39, 0.29) is 0 Å². The minimum absolute atomic E-state index is 0.607. The van der Waals surface area contributed by atoms with E-state index in [9.17, 15) is 0 Å². The van der Waals surface area contributed by atoms with Crippen LogP contribution in [0, 0.1) is 5.92 Å². The van der Waals surface area contributed by atoms with Crippen LogP contribution in [0.3, 0.4) is 0 Å². The second kappa shape index (κ2) is 7.64. The van der Waals surface area contributed by atoms with Gasteiger partial charge in [-0.2, -0.15) is 0 Å². The van der Waals surface area contributed by atoms with Gasteiger partial charge in [0.25, 0.3) is 0 Å². The van der Waals surface area contributed by atoms with Crippen LogP contribution in [0.4, 0.5) is 5.13 Å². The zero-order valence-corrected chi connectivity index (χ0v) is 14.3. The molecule has 0 aliphatic heterocycles. The molecule has 1 aliphatic carbocycles. The van der Waals surface area contributed by atoms with E-state index < -0.39 is 0 Å². The largest absolute Gasteiger partial charge is 0.357 e. The van der Waals surface area contributed by atoms with Crippen LogP contribution in [0.1, 0.15) is 38.8 Å². The SMILES string of the molecule is CCCC1CC1NC(=NCc1csc(N(C)C)n1)NCC. The molecular weight excluding hydrogens is 282 g/mol. The van der Waals surface area contributed by atoms with Crippen molar-refractivity contribution in [3.63, 3.8) is 0 Å². The zero-order chi connectivity index (χ0) is 15.2. The fraction of sp³-hybridized carbons (Fsp3) is 0.733. The van der Waals surface area contributed by atoms with Crippen molar-refractivity contribution in [2.24, 2.45) is 10.9 Å². The first-order valence-electron chi connectivity index (χ1n) is 7.80. The number of hydrogen-bond donors (Lipinski definition) is 2. The number of rotatable bonds is 7. The first kappa shape index (κ1) is 16.1. The third-order valence-corrected chi connectivity index (χ3v) is 4.63. The summed E-state index contributed by atoms with van der Waals surface area (Å²) >= 11 is 1.66. The third-order valence-electron chi connectivity index (χ3n) is 3.57. The monoisotopic (exact) mass is 309 g/mol. The lowest BCUT2D eigenvalue weighted by molar-refractivity contribution is 0.655. The Labute approximate surface area is 131 Å². The van der Waals surface area contributed by atoms with E-state index in [4.69, 9.17) is 0 Å². The lowest BCUT2D eigenvalue weighted by Gasteiger charge is -2.10. The van der Waals surface area contributed by atoms with Gasteiger partial charge in [-0.25, -0.2) is 9.98 Å². The highest BCUT2D eigenvalue weighted by Crippen LogP contribution is 2.34. The standard InChI is InChI=1S/C15H27N5S/c1-5-7-11-8-13(11)19-14(16-6-2)17-9-12-10-21-15(18-12)20(3)4/h10-11,13H,5-9H2,1-4H3,(H2,16,17,19). The highest BCUT2D eigenvalue weighted by atomic mass is 32.1. The maximum Gasteiger partial charge on any atom is 0.191 e. The van der Waals surface area contributed by atoms with Crippen molar-refractivity contribution in [2.75, 3.05) is 25.5 Å². The second-order valence-corrected chi connectivity index (χ2v) is 6.58. The number of anilines is 1. The molecule has 1 fully saturated rings. The van der Waals surface area contributed by atoms with Crippen LogP contribution in [0.15, 0.2) is 10.4 Å². The summed E-state index contributed by atoms with van der Waals surface area (Å²) in [6.45, 7) is 5.86. The van der Waals surface area contributed by atoms with Crippen molar-refractivity contribution >= 4 is 22.4 Å².